The highest BCUT2D eigenvalue weighted by Crippen LogP contribution is 2.32. The Morgan fingerprint density at radius 2 is 2.17 bits per heavy atom. The summed E-state index contributed by atoms with van der Waals surface area (Å²) in [6.45, 7) is 5.42. The average molecular weight is 256 g/mol. The minimum atomic E-state index is -0.957. The predicted octanol–water partition coefficient (Wildman–Crippen LogP) is 1.14. The summed E-state index contributed by atoms with van der Waals surface area (Å²) >= 11 is 0. The molecule has 5 nitrogen and oxygen atoms in total. The first-order chi connectivity index (χ1) is 8.55. The highest BCUT2D eigenvalue weighted by molar-refractivity contribution is 5.87. The van der Waals surface area contributed by atoms with Gasteiger partial charge in [0, 0.05) is 6.54 Å². The van der Waals surface area contributed by atoms with Gasteiger partial charge in [0.25, 0.3) is 0 Å². The monoisotopic (exact) mass is 256 g/mol. The first-order valence-corrected chi connectivity index (χ1v) is 6.80. The number of aliphatic carboxylic acids is 1. The maximum absolute atomic E-state index is 12.4. The Hall–Kier alpha value is -1.10. The fraction of sp³-hybridized carbons (Fsp3) is 0.846. The van der Waals surface area contributed by atoms with Crippen molar-refractivity contribution in [1.29, 1.82) is 0 Å². The molecule has 1 aliphatic heterocycles. The summed E-state index contributed by atoms with van der Waals surface area (Å²) in [7, 11) is 0. The van der Waals surface area contributed by atoms with Crippen LogP contribution in [-0.2, 0) is 9.59 Å². The predicted molar refractivity (Wildman–Crippen MR) is 69.3 cm³/mol. The van der Waals surface area contributed by atoms with Gasteiger partial charge >= 0.3 is 5.97 Å². The van der Waals surface area contributed by atoms with Crippen molar-refractivity contribution in [2.24, 2.45) is 5.41 Å². The number of piperidine rings is 1. The Morgan fingerprint density at radius 1 is 1.44 bits per heavy atom. The van der Waals surface area contributed by atoms with Crippen LogP contribution >= 0.6 is 0 Å². The van der Waals surface area contributed by atoms with Crippen LogP contribution in [0.2, 0.25) is 0 Å². The number of nitrogens with one attached hydrogen (secondary N) is 2. The van der Waals surface area contributed by atoms with Crippen molar-refractivity contribution in [2.75, 3.05) is 13.1 Å². The number of rotatable bonds is 6. The normalized spacial score (nSPS) is 25.4. The Kier molecular flexibility index (Phi) is 5.59. The van der Waals surface area contributed by atoms with Crippen molar-refractivity contribution < 1.29 is 14.7 Å². The Morgan fingerprint density at radius 3 is 2.61 bits per heavy atom. The number of carbonyl (C=O) groups excluding carboxylic acids is 1. The van der Waals surface area contributed by atoms with Crippen LogP contribution in [-0.4, -0.2) is 36.1 Å². The Labute approximate surface area is 108 Å². The molecule has 1 aliphatic rings. The van der Waals surface area contributed by atoms with E-state index in [4.69, 9.17) is 5.11 Å². The lowest BCUT2D eigenvalue weighted by molar-refractivity contribution is -0.144. The maximum Gasteiger partial charge on any atom is 0.326 e. The summed E-state index contributed by atoms with van der Waals surface area (Å²) in [5.41, 5.74) is -0.421. The van der Waals surface area contributed by atoms with Gasteiger partial charge in [-0.1, -0.05) is 20.3 Å². The van der Waals surface area contributed by atoms with Crippen LogP contribution in [0.3, 0.4) is 0 Å². The molecule has 1 unspecified atom stereocenters. The summed E-state index contributed by atoms with van der Waals surface area (Å²) in [4.78, 5) is 23.3. The first-order valence-electron chi connectivity index (χ1n) is 6.80. The fourth-order valence-corrected chi connectivity index (χ4v) is 2.62. The van der Waals surface area contributed by atoms with Crippen LogP contribution in [0.1, 0.15) is 46.0 Å². The van der Waals surface area contributed by atoms with Crippen molar-refractivity contribution >= 4 is 11.9 Å². The number of carboxylic acids is 1. The van der Waals surface area contributed by atoms with Crippen molar-refractivity contribution in [2.45, 2.75) is 52.0 Å². The molecular formula is C13H24N2O3. The largest absolute Gasteiger partial charge is 0.480 e. The lowest BCUT2D eigenvalue weighted by Crippen LogP contribution is -2.54. The molecule has 0 aromatic rings. The van der Waals surface area contributed by atoms with E-state index in [9.17, 15) is 9.59 Å². The van der Waals surface area contributed by atoms with Gasteiger partial charge < -0.3 is 15.7 Å². The number of hydrogen-bond donors (Lipinski definition) is 3. The molecule has 0 bridgehead atoms. The van der Waals surface area contributed by atoms with Gasteiger partial charge in [0.05, 0.1) is 5.41 Å². The highest BCUT2D eigenvalue weighted by Gasteiger charge is 2.39. The lowest BCUT2D eigenvalue weighted by Gasteiger charge is -2.36. The van der Waals surface area contributed by atoms with Gasteiger partial charge in [-0.15, -0.1) is 0 Å². The van der Waals surface area contributed by atoms with E-state index in [0.29, 0.717) is 13.0 Å². The summed E-state index contributed by atoms with van der Waals surface area (Å²) in [6, 6.07) is -0.770. The zero-order valence-corrected chi connectivity index (χ0v) is 11.3. The summed E-state index contributed by atoms with van der Waals surface area (Å²) in [6.07, 6.45) is 3.96. The Bertz CT molecular complexity index is 293. The smallest absolute Gasteiger partial charge is 0.326 e. The van der Waals surface area contributed by atoms with E-state index in [1.807, 2.05) is 0 Å². The number of carbonyl (C=O) groups is 2. The molecule has 0 radical (unpaired) electrons. The van der Waals surface area contributed by atoms with Crippen LogP contribution in [0, 0.1) is 5.41 Å². The first kappa shape index (κ1) is 15.0. The van der Waals surface area contributed by atoms with Crippen LogP contribution in [0.15, 0.2) is 0 Å². The van der Waals surface area contributed by atoms with Crippen molar-refractivity contribution in [1.82, 2.24) is 10.6 Å². The molecule has 1 saturated heterocycles. The quantitative estimate of drug-likeness (QED) is 0.666. The minimum absolute atomic E-state index is 0.106. The van der Waals surface area contributed by atoms with Gasteiger partial charge in [0.1, 0.15) is 6.04 Å². The molecule has 0 aromatic carbocycles. The fourth-order valence-electron chi connectivity index (χ4n) is 2.62. The van der Waals surface area contributed by atoms with E-state index in [0.717, 1.165) is 32.2 Å². The topological polar surface area (TPSA) is 78.4 Å². The SMILES string of the molecule is CCCC1(C(=O)N[C@@H](CC)C(=O)O)CCCNC1. The number of carboxylic acid groups (broad SMARTS) is 1. The zero-order valence-electron chi connectivity index (χ0n) is 11.3. The summed E-state index contributed by atoms with van der Waals surface area (Å²) < 4.78 is 0. The third-order valence-corrected chi connectivity index (χ3v) is 3.69. The second-order valence-electron chi connectivity index (χ2n) is 5.08. The van der Waals surface area contributed by atoms with E-state index < -0.39 is 17.4 Å². The van der Waals surface area contributed by atoms with Crippen LogP contribution in [0.4, 0.5) is 0 Å². The molecule has 104 valence electrons. The molecule has 1 fully saturated rings. The third-order valence-electron chi connectivity index (χ3n) is 3.69. The second-order valence-corrected chi connectivity index (χ2v) is 5.08. The van der Waals surface area contributed by atoms with Crippen LogP contribution < -0.4 is 10.6 Å². The molecule has 1 rings (SSSR count). The molecule has 0 aromatic heterocycles. The lowest BCUT2D eigenvalue weighted by atomic mass is 9.76. The van der Waals surface area contributed by atoms with Crippen molar-refractivity contribution in [3.8, 4) is 0 Å². The van der Waals surface area contributed by atoms with Crippen LogP contribution in [0.5, 0.6) is 0 Å². The minimum Gasteiger partial charge on any atom is -0.480 e. The third kappa shape index (κ3) is 3.45. The number of hydrogen-bond acceptors (Lipinski definition) is 3. The standard InChI is InChI=1S/C13H24N2O3/c1-3-6-13(7-5-8-14-9-13)12(18)15-10(4-2)11(16)17/h10,14H,3-9H2,1-2H3,(H,15,18)(H,16,17)/t10-,13?/m0/s1. The molecular weight excluding hydrogens is 232 g/mol. The molecule has 3 N–H and O–H groups in total. The Balaban J connectivity index is 2.73. The maximum atomic E-state index is 12.4. The van der Waals surface area contributed by atoms with Crippen molar-refractivity contribution in [3.05, 3.63) is 0 Å². The highest BCUT2D eigenvalue weighted by atomic mass is 16.4. The van der Waals surface area contributed by atoms with Gasteiger partial charge in [-0.05, 0) is 32.2 Å². The average Bonchev–Trinajstić information content (AvgIpc) is 2.36. The van der Waals surface area contributed by atoms with E-state index in [2.05, 4.69) is 17.6 Å². The second kappa shape index (κ2) is 6.73. The van der Waals surface area contributed by atoms with E-state index in [1.54, 1.807) is 6.92 Å². The zero-order chi connectivity index (χ0) is 13.6. The molecule has 5 heteroatoms. The molecule has 2 atom stereocenters. The molecule has 18 heavy (non-hydrogen) atoms. The number of amides is 1. The van der Waals surface area contributed by atoms with Crippen LogP contribution in [0.25, 0.3) is 0 Å². The van der Waals surface area contributed by atoms with Gasteiger partial charge in [-0.25, -0.2) is 4.79 Å². The summed E-state index contributed by atoms with van der Waals surface area (Å²) in [5, 5.41) is 14.9. The molecule has 1 heterocycles. The van der Waals surface area contributed by atoms with E-state index in [1.165, 1.54) is 0 Å². The van der Waals surface area contributed by atoms with Gasteiger partial charge in [0.15, 0.2) is 0 Å². The van der Waals surface area contributed by atoms with Crippen molar-refractivity contribution in [3.63, 3.8) is 0 Å². The molecule has 1 amide bonds. The van der Waals surface area contributed by atoms with E-state index >= 15 is 0 Å². The van der Waals surface area contributed by atoms with E-state index in [-0.39, 0.29) is 5.91 Å². The van der Waals surface area contributed by atoms with Gasteiger partial charge in [-0.2, -0.15) is 0 Å². The van der Waals surface area contributed by atoms with Gasteiger partial charge in [-0.3, -0.25) is 4.79 Å². The summed E-state index contributed by atoms with van der Waals surface area (Å²) in [5.74, 6) is -1.06. The molecule has 0 spiro atoms. The molecule has 0 saturated carbocycles. The van der Waals surface area contributed by atoms with Gasteiger partial charge in [0.2, 0.25) is 5.91 Å². The molecule has 0 aliphatic carbocycles.